The molecule has 0 saturated carbocycles. The highest BCUT2D eigenvalue weighted by atomic mass is 16.7. The van der Waals surface area contributed by atoms with Gasteiger partial charge in [-0.2, -0.15) is 0 Å². The molecule has 10 nitrogen and oxygen atoms in total. The van der Waals surface area contributed by atoms with Crippen LogP contribution in [0.5, 0.6) is 0 Å². The third-order valence-corrected chi connectivity index (χ3v) is 5.46. The van der Waals surface area contributed by atoms with Gasteiger partial charge in [-0.3, -0.25) is 4.79 Å². The van der Waals surface area contributed by atoms with Gasteiger partial charge in [0, 0.05) is 6.61 Å². The minimum absolute atomic E-state index is 0.0375. The van der Waals surface area contributed by atoms with Gasteiger partial charge < -0.3 is 39.6 Å². The molecule has 1 aromatic carbocycles. The van der Waals surface area contributed by atoms with Crippen molar-refractivity contribution in [3.63, 3.8) is 0 Å². The van der Waals surface area contributed by atoms with Crippen molar-refractivity contribution >= 4 is 12.1 Å². The number of nitrogens with one attached hydrogen (secondary N) is 1. The summed E-state index contributed by atoms with van der Waals surface area (Å²) in [6.45, 7) is 1.43. The summed E-state index contributed by atoms with van der Waals surface area (Å²) < 4.78 is 21.2. The predicted molar refractivity (Wildman–Crippen MR) is 122 cm³/mol. The molecule has 1 heterocycles. The fraction of sp³-hybridized carbons (Fsp3) is 0.667. The number of carbonyl (C=O) groups is 2. The van der Waals surface area contributed by atoms with E-state index in [2.05, 4.69) is 12.2 Å². The Morgan fingerprint density at radius 3 is 2.44 bits per heavy atom. The van der Waals surface area contributed by atoms with Gasteiger partial charge in [-0.15, -0.1) is 0 Å². The number of esters is 1. The molecule has 1 aliphatic rings. The average Bonchev–Trinajstić information content (AvgIpc) is 2.85. The highest BCUT2D eigenvalue weighted by Crippen LogP contribution is 2.24. The molecule has 1 aromatic rings. The highest BCUT2D eigenvalue weighted by molar-refractivity contribution is 5.78. The van der Waals surface area contributed by atoms with E-state index in [1.165, 1.54) is 12.8 Å². The highest BCUT2D eigenvalue weighted by Gasteiger charge is 2.47. The average molecular weight is 484 g/mol. The minimum Gasteiger partial charge on any atom is -0.455 e. The standard InChI is InChI=1S/C24H37NO9/c1-2-3-4-5-6-10-13-31-23-21(29)20(28)22(18(15-26)33-23)34-19(27)14-25-24(30)32-16-17-11-8-7-9-12-17/h7-9,11-12,18,20-23,26,28-29H,2-6,10,13-16H2,1H3,(H,25,30)/t18-,20-,21-,22-,23-/m1/s1. The first-order chi connectivity index (χ1) is 16.5. The lowest BCUT2D eigenvalue weighted by molar-refractivity contribution is -0.303. The maximum atomic E-state index is 12.2. The van der Waals surface area contributed by atoms with Crippen LogP contribution in [0.25, 0.3) is 0 Å². The number of ether oxygens (including phenoxy) is 4. The first kappa shape index (κ1) is 28.0. The van der Waals surface area contributed by atoms with Crippen molar-refractivity contribution < 1.29 is 43.9 Å². The van der Waals surface area contributed by atoms with E-state index in [9.17, 15) is 24.9 Å². The molecule has 4 N–H and O–H groups in total. The number of rotatable bonds is 14. The van der Waals surface area contributed by atoms with E-state index in [1.807, 2.05) is 18.2 Å². The molecular formula is C24H37NO9. The lowest BCUT2D eigenvalue weighted by Gasteiger charge is -2.41. The van der Waals surface area contributed by atoms with Gasteiger partial charge in [0.2, 0.25) is 0 Å². The van der Waals surface area contributed by atoms with Crippen LogP contribution in [0.2, 0.25) is 0 Å². The second kappa shape index (κ2) is 15.6. The van der Waals surface area contributed by atoms with Crippen molar-refractivity contribution in [2.24, 2.45) is 0 Å². The van der Waals surface area contributed by atoms with E-state index in [0.717, 1.165) is 31.2 Å². The van der Waals surface area contributed by atoms with Crippen LogP contribution in [0, 0.1) is 0 Å². The zero-order valence-electron chi connectivity index (χ0n) is 19.6. The minimum atomic E-state index is -1.53. The van der Waals surface area contributed by atoms with Crippen molar-refractivity contribution in [3.05, 3.63) is 35.9 Å². The SMILES string of the molecule is CCCCCCCCO[C@@H]1O[C@H](CO)[C@@H](OC(=O)CNC(=O)OCc2ccccc2)[C@H](O)[C@H]1O. The van der Waals surface area contributed by atoms with Crippen LogP contribution >= 0.6 is 0 Å². The second-order valence-corrected chi connectivity index (χ2v) is 8.22. The molecule has 34 heavy (non-hydrogen) atoms. The Hall–Kier alpha value is -2.24. The van der Waals surface area contributed by atoms with E-state index in [1.54, 1.807) is 12.1 Å². The Balaban J connectivity index is 1.72. The molecule has 0 aromatic heterocycles. The first-order valence-corrected chi connectivity index (χ1v) is 11.8. The molecule has 5 atom stereocenters. The van der Waals surface area contributed by atoms with Crippen LogP contribution in [0.15, 0.2) is 30.3 Å². The molecule has 0 bridgehead atoms. The van der Waals surface area contributed by atoms with Crippen LogP contribution in [0.1, 0.15) is 51.0 Å². The molecule has 2 rings (SSSR count). The molecule has 0 aliphatic carbocycles. The zero-order chi connectivity index (χ0) is 24.8. The summed E-state index contributed by atoms with van der Waals surface area (Å²) in [6, 6.07) is 9.03. The summed E-state index contributed by atoms with van der Waals surface area (Å²) >= 11 is 0. The van der Waals surface area contributed by atoms with Crippen molar-refractivity contribution in [1.29, 1.82) is 0 Å². The van der Waals surface area contributed by atoms with Gasteiger partial charge in [-0.05, 0) is 12.0 Å². The molecule has 192 valence electrons. The van der Waals surface area contributed by atoms with Gasteiger partial charge in [0.05, 0.1) is 6.61 Å². The number of amides is 1. The Kier molecular flexibility index (Phi) is 12.9. The molecule has 1 amide bonds. The van der Waals surface area contributed by atoms with Crippen molar-refractivity contribution in [1.82, 2.24) is 5.32 Å². The Morgan fingerprint density at radius 2 is 1.74 bits per heavy atom. The molecule has 0 spiro atoms. The molecule has 10 heteroatoms. The lowest BCUT2D eigenvalue weighted by atomic mass is 9.99. The van der Waals surface area contributed by atoms with Crippen LogP contribution in [-0.4, -0.2) is 77.8 Å². The number of carbonyl (C=O) groups excluding carboxylic acids is 2. The van der Waals surface area contributed by atoms with Gasteiger partial charge in [0.1, 0.15) is 31.5 Å². The van der Waals surface area contributed by atoms with Crippen LogP contribution in [-0.2, 0) is 30.3 Å². The summed E-state index contributed by atoms with van der Waals surface area (Å²) in [5, 5.41) is 32.7. The summed E-state index contributed by atoms with van der Waals surface area (Å²) in [5.41, 5.74) is 0.788. The fourth-order valence-electron chi connectivity index (χ4n) is 3.53. The molecule has 1 saturated heterocycles. The van der Waals surface area contributed by atoms with E-state index in [0.29, 0.717) is 6.61 Å². The van der Waals surface area contributed by atoms with E-state index in [-0.39, 0.29) is 6.61 Å². The third kappa shape index (κ3) is 9.55. The molecular weight excluding hydrogens is 446 g/mol. The molecule has 0 unspecified atom stereocenters. The van der Waals surface area contributed by atoms with E-state index in [4.69, 9.17) is 18.9 Å². The topological polar surface area (TPSA) is 144 Å². The van der Waals surface area contributed by atoms with Crippen molar-refractivity contribution in [2.45, 2.75) is 82.8 Å². The van der Waals surface area contributed by atoms with E-state index < -0.39 is 55.9 Å². The monoisotopic (exact) mass is 483 g/mol. The lowest BCUT2D eigenvalue weighted by Crippen LogP contribution is -2.60. The summed E-state index contributed by atoms with van der Waals surface area (Å²) in [7, 11) is 0. The normalized spacial score (nSPS) is 24.4. The third-order valence-electron chi connectivity index (χ3n) is 5.46. The Morgan fingerprint density at radius 1 is 1.03 bits per heavy atom. The number of aliphatic hydroxyl groups excluding tert-OH is 3. The van der Waals surface area contributed by atoms with Crippen LogP contribution in [0.3, 0.4) is 0 Å². The maximum Gasteiger partial charge on any atom is 0.407 e. The zero-order valence-corrected chi connectivity index (χ0v) is 19.6. The predicted octanol–water partition coefficient (Wildman–Crippen LogP) is 1.64. The van der Waals surface area contributed by atoms with Gasteiger partial charge >= 0.3 is 12.1 Å². The maximum absolute atomic E-state index is 12.2. The van der Waals surface area contributed by atoms with Crippen LogP contribution in [0.4, 0.5) is 4.79 Å². The second-order valence-electron chi connectivity index (χ2n) is 8.22. The number of hydrogen-bond donors (Lipinski definition) is 4. The summed E-state index contributed by atoms with van der Waals surface area (Å²) in [5.74, 6) is -0.888. The largest absolute Gasteiger partial charge is 0.455 e. The number of benzene rings is 1. The molecule has 0 radical (unpaired) electrons. The Labute approximate surface area is 200 Å². The number of alkyl carbamates (subject to hydrolysis) is 1. The number of aliphatic hydroxyl groups is 3. The summed E-state index contributed by atoms with van der Waals surface area (Å²) in [4.78, 5) is 23.9. The van der Waals surface area contributed by atoms with Gasteiger partial charge in [-0.25, -0.2) is 4.79 Å². The quantitative estimate of drug-likeness (QED) is 0.229. The summed E-state index contributed by atoms with van der Waals surface area (Å²) in [6.07, 6.45) is -1.01. The van der Waals surface area contributed by atoms with E-state index >= 15 is 0 Å². The molecule has 1 aliphatic heterocycles. The van der Waals surface area contributed by atoms with Crippen molar-refractivity contribution in [2.75, 3.05) is 19.8 Å². The Bertz CT molecular complexity index is 716. The van der Waals surface area contributed by atoms with Gasteiger partial charge in [0.15, 0.2) is 12.4 Å². The number of unbranched alkanes of at least 4 members (excludes halogenated alkanes) is 5. The number of hydrogen-bond acceptors (Lipinski definition) is 9. The first-order valence-electron chi connectivity index (χ1n) is 11.8. The van der Waals surface area contributed by atoms with Gasteiger partial charge in [0.25, 0.3) is 0 Å². The van der Waals surface area contributed by atoms with Crippen molar-refractivity contribution in [3.8, 4) is 0 Å². The fourth-order valence-corrected chi connectivity index (χ4v) is 3.53. The van der Waals surface area contributed by atoms with Gasteiger partial charge in [-0.1, -0.05) is 69.4 Å². The van der Waals surface area contributed by atoms with Crippen LogP contribution < -0.4 is 5.32 Å². The molecule has 1 fully saturated rings. The smallest absolute Gasteiger partial charge is 0.407 e.